The molecule has 13 heavy (non-hydrogen) atoms. The molecule has 0 bridgehead atoms. The molecule has 0 aromatic rings. The van der Waals surface area contributed by atoms with Gasteiger partial charge in [-0.1, -0.05) is 6.58 Å². The van der Waals surface area contributed by atoms with Crippen molar-refractivity contribution in [1.29, 1.82) is 0 Å². The largest absolute Gasteiger partial charge is 0.463 e. The predicted octanol–water partition coefficient (Wildman–Crippen LogP) is 1.50. The third kappa shape index (κ3) is 9.30. The number of carbonyl (C=O) groups is 1. The van der Waals surface area contributed by atoms with E-state index >= 15 is 0 Å². The number of esters is 1. The van der Waals surface area contributed by atoms with Crippen molar-refractivity contribution in [2.24, 2.45) is 0 Å². The SMILES string of the molecule is C=CC(=O)OCCCCO[SiH](C)C. The Labute approximate surface area is 81.5 Å². The second-order valence-corrected chi connectivity index (χ2v) is 5.43. The predicted molar refractivity (Wildman–Crippen MR) is 55.2 cm³/mol. The Morgan fingerprint density at radius 3 is 2.54 bits per heavy atom. The zero-order chi connectivity index (χ0) is 10.1. The summed E-state index contributed by atoms with van der Waals surface area (Å²) in [5, 5.41) is 0. The van der Waals surface area contributed by atoms with Crippen LogP contribution in [0.2, 0.25) is 13.1 Å². The van der Waals surface area contributed by atoms with Crippen molar-refractivity contribution in [3.05, 3.63) is 12.7 Å². The average Bonchev–Trinajstić information content (AvgIpc) is 2.10. The molecule has 0 radical (unpaired) electrons. The van der Waals surface area contributed by atoms with E-state index in [1.165, 1.54) is 6.08 Å². The molecule has 0 aromatic heterocycles. The van der Waals surface area contributed by atoms with E-state index in [0.29, 0.717) is 6.61 Å². The van der Waals surface area contributed by atoms with Gasteiger partial charge in [0, 0.05) is 12.7 Å². The van der Waals surface area contributed by atoms with Gasteiger partial charge in [-0.15, -0.1) is 0 Å². The first kappa shape index (κ1) is 12.4. The van der Waals surface area contributed by atoms with E-state index in [2.05, 4.69) is 19.7 Å². The number of hydrogen-bond acceptors (Lipinski definition) is 3. The van der Waals surface area contributed by atoms with E-state index < -0.39 is 9.04 Å². The molecular formula is C9H18O3Si. The van der Waals surface area contributed by atoms with E-state index in [1.54, 1.807) is 0 Å². The molecule has 0 rings (SSSR count). The molecule has 0 aliphatic heterocycles. The molecule has 0 amide bonds. The highest BCUT2D eigenvalue weighted by Gasteiger charge is 1.97. The minimum Gasteiger partial charge on any atom is -0.463 e. The van der Waals surface area contributed by atoms with E-state index in [9.17, 15) is 4.79 Å². The zero-order valence-corrected chi connectivity index (χ0v) is 9.57. The van der Waals surface area contributed by atoms with Gasteiger partial charge in [0.05, 0.1) is 6.61 Å². The zero-order valence-electron chi connectivity index (χ0n) is 8.41. The van der Waals surface area contributed by atoms with Crippen molar-refractivity contribution >= 4 is 15.0 Å². The molecule has 0 heterocycles. The van der Waals surface area contributed by atoms with Gasteiger partial charge in [-0.3, -0.25) is 0 Å². The summed E-state index contributed by atoms with van der Waals surface area (Å²) in [5.74, 6) is -0.348. The number of carbonyl (C=O) groups excluding carboxylic acids is 1. The van der Waals surface area contributed by atoms with Crippen LogP contribution < -0.4 is 0 Å². The lowest BCUT2D eigenvalue weighted by molar-refractivity contribution is -0.137. The van der Waals surface area contributed by atoms with Crippen LogP contribution in [0.4, 0.5) is 0 Å². The monoisotopic (exact) mass is 202 g/mol. The maximum Gasteiger partial charge on any atom is 0.330 e. The number of ether oxygens (including phenoxy) is 1. The van der Waals surface area contributed by atoms with E-state index in [-0.39, 0.29) is 5.97 Å². The van der Waals surface area contributed by atoms with Crippen molar-refractivity contribution in [3.63, 3.8) is 0 Å². The summed E-state index contributed by atoms with van der Waals surface area (Å²) in [5.41, 5.74) is 0. The molecule has 0 saturated carbocycles. The molecule has 0 aromatic carbocycles. The Kier molecular flexibility index (Phi) is 7.63. The molecule has 0 unspecified atom stereocenters. The van der Waals surface area contributed by atoms with Gasteiger partial charge in [-0.2, -0.15) is 0 Å². The molecule has 3 nitrogen and oxygen atoms in total. The van der Waals surface area contributed by atoms with Gasteiger partial charge in [0.25, 0.3) is 0 Å². The van der Waals surface area contributed by atoms with Crippen LogP contribution in [0.3, 0.4) is 0 Å². The average molecular weight is 202 g/mol. The van der Waals surface area contributed by atoms with Crippen molar-refractivity contribution in [3.8, 4) is 0 Å². The summed E-state index contributed by atoms with van der Waals surface area (Å²) in [4.78, 5) is 10.6. The normalized spacial score (nSPS) is 10.1. The number of unbranched alkanes of at least 4 members (excludes halogenated alkanes) is 1. The van der Waals surface area contributed by atoms with Crippen LogP contribution >= 0.6 is 0 Å². The van der Waals surface area contributed by atoms with Crippen LogP contribution in [0.1, 0.15) is 12.8 Å². The van der Waals surface area contributed by atoms with Crippen LogP contribution in [-0.2, 0) is 14.0 Å². The van der Waals surface area contributed by atoms with Gasteiger partial charge in [-0.25, -0.2) is 4.79 Å². The second kappa shape index (κ2) is 8.01. The van der Waals surface area contributed by atoms with Crippen LogP contribution in [0.25, 0.3) is 0 Å². The molecule has 0 aliphatic rings. The lowest BCUT2D eigenvalue weighted by atomic mass is 10.3. The molecule has 0 N–H and O–H groups in total. The standard InChI is InChI=1S/C9H18O3Si/c1-4-9(10)11-7-5-6-8-12-13(2)3/h4,13H,1,5-8H2,2-3H3. The molecule has 0 saturated heterocycles. The molecule has 0 fully saturated rings. The maximum absolute atomic E-state index is 10.6. The van der Waals surface area contributed by atoms with Gasteiger partial charge in [0.15, 0.2) is 9.04 Å². The summed E-state index contributed by atoms with van der Waals surface area (Å²) in [6.07, 6.45) is 2.99. The number of rotatable bonds is 7. The second-order valence-electron chi connectivity index (χ2n) is 3.00. The topological polar surface area (TPSA) is 35.5 Å². The highest BCUT2D eigenvalue weighted by molar-refractivity contribution is 6.48. The summed E-state index contributed by atoms with van der Waals surface area (Å²) in [7, 11) is -0.872. The summed E-state index contributed by atoms with van der Waals surface area (Å²) >= 11 is 0. The van der Waals surface area contributed by atoms with E-state index in [4.69, 9.17) is 9.16 Å². The molecule has 0 spiro atoms. The van der Waals surface area contributed by atoms with Crippen LogP contribution in [0.5, 0.6) is 0 Å². The minimum absolute atomic E-state index is 0.348. The highest BCUT2D eigenvalue weighted by atomic mass is 28.3. The first-order valence-electron chi connectivity index (χ1n) is 4.57. The molecule has 0 aliphatic carbocycles. The number of hydrogen-bond donors (Lipinski definition) is 0. The van der Waals surface area contributed by atoms with E-state index in [0.717, 1.165) is 19.4 Å². The Balaban J connectivity index is 3.08. The molecule has 0 atom stereocenters. The van der Waals surface area contributed by atoms with E-state index in [1.807, 2.05) is 0 Å². The van der Waals surface area contributed by atoms with Crippen molar-refractivity contribution < 1.29 is 14.0 Å². The molecule has 4 heteroatoms. The van der Waals surface area contributed by atoms with Crippen LogP contribution in [0.15, 0.2) is 12.7 Å². The van der Waals surface area contributed by atoms with Crippen molar-refractivity contribution in [2.45, 2.75) is 25.9 Å². The Morgan fingerprint density at radius 1 is 1.38 bits per heavy atom. The lowest BCUT2D eigenvalue weighted by Crippen LogP contribution is -2.09. The van der Waals surface area contributed by atoms with Crippen molar-refractivity contribution in [2.75, 3.05) is 13.2 Å². The first-order chi connectivity index (χ1) is 6.16. The first-order valence-corrected chi connectivity index (χ1v) is 7.35. The molecular weight excluding hydrogens is 184 g/mol. The van der Waals surface area contributed by atoms with Gasteiger partial charge in [0.1, 0.15) is 0 Å². The Hall–Kier alpha value is -0.613. The summed E-state index contributed by atoms with van der Waals surface area (Å²) in [6, 6.07) is 0. The quantitative estimate of drug-likeness (QED) is 0.272. The Morgan fingerprint density at radius 2 is 2.00 bits per heavy atom. The molecule has 76 valence electrons. The third-order valence-corrected chi connectivity index (χ3v) is 2.30. The summed E-state index contributed by atoms with van der Waals surface area (Å²) in [6.45, 7) is 8.83. The van der Waals surface area contributed by atoms with Crippen LogP contribution in [0, 0.1) is 0 Å². The minimum atomic E-state index is -0.872. The van der Waals surface area contributed by atoms with Gasteiger partial charge >= 0.3 is 5.97 Å². The van der Waals surface area contributed by atoms with Crippen LogP contribution in [-0.4, -0.2) is 28.2 Å². The fraction of sp³-hybridized carbons (Fsp3) is 0.667. The van der Waals surface area contributed by atoms with Crippen molar-refractivity contribution in [1.82, 2.24) is 0 Å². The highest BCUT2D eigenvalue weighted by Crippen LogP contribution is 1.94. The van der Waals surface area contributed by atoms with Gasteiger partial charge in [-0.05, 0) is 25.9 Å². The summed E-state index contributed by atoms with van der Waals surface area (Å²) < 4.78 is 10.3. The van der Waals surface area contributed by atoms with Gasteiger partial charge in [0.2, 0.25) is 0 Å². The third-order valence-electron chi connectivity index (χ3n) is 1.40. The lowest BCUT2D eigenvalue weighted by Gasteiger charge is -2.06. The van der Waals surface area contributed by atoms with Gasteiger partial charge < -0.3 is 9.16 Å². The fourth-order valence-electron chi connectivity index (χ4n) is 0.755. The fourth-order valence-corrected chi connectivity index (χ4v) is 1.39. The smallest absolute Gasteiger partial charge is 0.330 e. The maximum atomic E-state index is 10.6. The Bertz CT molecular complexity index is 157.